The van der Waals surface area contributed by atoms with Gasteiger partial charge in [-0.2, -0.15) is 0 Å². The third-order valence-electron chi connectivity index (χ3n) is 4.22. The van der Waals surface area contributed by atoms with E-state index in [2.05, 4.69) is 15.6 Å². The van der Waals surface area contributed by atoms with Crippen LogP contribution in [0.3, 0.4) is 0 Å². The van der Waals surface area contributed by atoms with Gasteiger partial charge in [-0.15, -0.1) is 0 Å². The molecule has 1 fully saturated rings. The lowest BCUT2D eigenvalue weighted by molar-refractivity contribution is -0.120. The number of amides is 3. The van der Waals surface area contributed by atoms with E-state index in [4.69, 9.17) is 9.15 Å². The Bertz CT molecular complexity index is 1030. The van der Waals surface area contributed by atoms with Gasteiger partial charge in [0, 0.05) is 4.90 Å². The molecule has 3 aromatic rings. The van der Waals surface area contributed by atoms with Crippen LogP contribution in [0, 0.1) is 0 Å². The molecule has 8 nitrogen and oxygen atoms in total. The van der Waals surface area contributed by atoms with E-state index >= 15 is 0 Å². The van der Waals surface area contributed by atoms with Crippen molar-refractivity contribution in [3.05, 3.63) is 71.7 Å². The Morgan fingerprint density at radius 3 is 2.66 bits per heavy atom. The zero-order valence-corrected chi connectivity index (χ0v) is 15.9. The number of carbonyl (C=O) groups excluding carboxylic acids is 2. The highest BCUT2D eigenvalue weighted by molar-refractivity contribution is 7.99. The first-order chi connectivity index (χ1) is 14.1. The van der Waals surface area contributed by atoms with Crippen LogP contribution in [0.1, 0.15) is 22.9 Å². The summed E-state index contributed by atoms with van der Waals surface area (Å²) in [6.45, 7) is 0.388. The largest absolute Gasteiger partial charge is 0.489 e. The Labute approximate surface area is 170 Å². The summed E-state index contributed by atoms with van der Waals surface area (Å²) in [6.07, 6.45) is 1.24. The van der Waals surface area contributed by atoms with Crippen molar-refractivity contribution < 1.29 is 23.8 Å². The lowest BCUT2D eigenvalue weighted by atomic mass is 10.1. The number of urea groups is 1. The number of aromatic nitrogens is 1. The van der Waals surface area contributed by atoms with Crippen LogP contribution in [0.4, 0.5) is 4.79 Å². The maximum absolute atomic E-state index is 11.8. The molecule has 2 heterocycles. The number of oxazole rings is 1. The van der Waals surface area contributed by atoms with E-state index in [1.165, 1.54) is 18.2 Å². The van der Waals surface area contributed by atoms with E-state index in [0.717, 1.165) is 16.0 Å². The minimum Gasteiger partial charge on any atom is -0.489 e. The van der Waals surface area contributed by atoms with Gasteiger partial charge in [-0.1, -0.05) is 24.3 Å². The van der Waals surface area contributed by atoms with Gasteiger partial charge in [0.25, 0.3) is 5.91 Å². The van der Waals surface area contributed by atoms with Crippen LogP contribution in [-0.2, 0) is 18.0 Å². The molecule has 1 unspecified atom stereocenters. The zero-order chi connectivity index (χ0) is 20.2. The maximum atomic E-state index is 11.8. The van der Waals surface area contributed by atoms with Gasteiger partial charge in [-0.25, -0.2) is 9.78 Å². The molecule has 0 bridgehead atoms. The van der Waals surface area contributed by atoms with Crippen molar-refractivity contribution in [1.82, 2.24) is 15.6 Å². The Balaban J connectivity index is 1.40. The average molecular weight is 411 g/mol. The fraction of sp³-hybridized carbons (Fsp3) is 0.150. The predicted molar refractivity (Wildman–Crippen MR) is 103 cm³/mol. The third kappa shape index (κ3) is 4.41. The van der Waals surface area contributed by atoms with Crippen LogP contribution in [0.25, 0.3) is 0 Å². The van der Waals surface area contributed by atoms with Crippen molar-refractivity contribution in [2.45, 2.75) is 29.2 Å². The molecular formula is C20H17N3O5S. The van der Waals surface area contributed by atoms with Crippen molar-refractivity contribution in [1.29, 1.82) is 0 Å². The van der Waals surface area contributed by atoms with E-state index in [-0.39, 0.29) is 6.61 Å². The first kappa shape index (κ1) is 19.0. The van der Waals surface area contributed by atoms with Gasteiger partial charge in [0.1, 0.15) is 18.1 Å². The number of aliphatic hydroxyl groups is 1. The number of benzene rings is 2. The van der Waals surface area contributed by atoms with Gasteiger partial charge >= 0.3 is 6.03 Å². The number of ether oxygens (including phenoxy) is 1. The van der Waals surface area contributed by atoms with Crippen LogP contribution in [0.2, 0.25) is 0 Å². The van der Waals surface area contributed by atoms with Gasteiger partial charge in [0.05, 0.1) is 6.61 Å². The number of hydrogen-bond donors (Lipinski definition) is 3. The van der Waals surface area contributed by atoms with Gasteiger partial charge in [0.2, 0.25) is 0 Å². The molecule has 9 heteroatoms. The smallest absolute Gasteiger partial charge is 0.322 e. The number of aliphatic hydroxyl groups excluding tert-OH is 1. The Morgan fingerprint density at radius 1 is 1.14 bits per heavy atom. The molecule has 29 heavy (non-hydrogen) atoms. The predicted octanol–water partition coefficient (Wildman–Crippen LogP) is 2.78. The quantitative estimate of drug-likeness (QED) is 0.512. The van der Waals surface area contributed by atoms with Crippen molar-refractivity contribution in [3.8, 4) is 5.75 Å². The van der Waals surface area contributed by atoms with Crippen molar-refractivity contribution in [3.63, 3.8) is 0 Å². The number of imide groups is 1. The summed E-state index contributed by atoms with van der Waals surface area (Å²) in [6, 6.07) is 13.6. The van der Waals surface area contributed by atoms with Crippen molar-refractivity contribution >= 4 is 23.7 Å². The molecule has 0 radical (unpaired) electrons. The topological polar surface area (TPSA) is 114 Å². The monoisotopic (exact) mass is 411 g/mol. The van der Waals surface area contributed by atoms with E-state index in [9.17, 15) is 14.7 Å². The first-order valence-corrected chi connectivity index (χ1v) is 9.58. The molecule has 148 valence electrons. The van der Waals surface area contributed by atoms with Gasteiger partial charge in [-0.3, -0.25) is 10.1 Å². The Kier molecular flexibility index (Phi) is 5.50. The molecule has 0 aliphatic carbocycles. The molecular weight excluding hydrogens is 394 g/mol. The van der Waals surface area contributed by atoms with Crippen LogP contribution in [0.15, 0.2) is 69.3 Å². The van der Waals surface area contributed by atoms with Crippen LogP contribution < -0.4 is 15.4 Å². The Morgan fingerprint density at radius 2 is 1.93 bits per heavy atom. The molecule has 1 aliphatic rings. The summed E-state index contributed by atoms with van der Waals surface area (Å²) in [5, 5.41) is 14.3. The van der Waals surface area contributed by atoms with E-state index in [0.29, 0.717) is 23.1 Å². The normalized spacial score (nSPS) is 15.8. The SMILES string of the molecule is O=C1NC(=O)C(c2ncoc2Sc2ccc(OCc3cccc(CO)c3)cc2)N1. The number of rotatable bonds is 7. The molecule has 1 aliphatic heterocycles. The van der Waals surface area contributed by atoms with Gasteiger partial charge < -0.3 is 19.6 Å². The first-order valence-electron chi connectivity index (χ1n) is 8.76. The standard InChI is InChI=1S/C20H17N3O5S/c24-9-12-2-1-3-13(8-12)10-27-14-4-6-15(7-5-14)29-19-17(21-11-28-19)16-18(25)23-20(26)22-16/h1-8,11,16,24H,9-10H2,(H2,22,23,25,26). The zero-order valence-electron chi connectivity index (χ0n) is 15.1. The second-order valence-electron chi connectivity index (χ2n) is 6.26. The van der Waals surface area contributed by atoms with Crippen LogP contribution in [-0.4, -0.2) is 22.0 Å². The molecule has 2 aromatic carbocycles. The van der Waals surface area contributed by atoms with Gasteiger partial charge in [0.15, 0.2) is 17.5 Å². The average Bonchev–Trinajstić information content (AvgIpc) is 3.32. The molecule has 1 saturated heterocycles. The van der Waals surface area contributed by atoms with E-state index < -0.39 is 18.0 Å². The van der Waals surface area contributed by atoms with Crippen molar-refractivity contribution in [2.75, 3.05) is 0 Å². The summed E-state index contributed by atoms with van der Waals surface area (Å²) in [5.41, 5.74) is 2.17. The molecule has 0 spiro atoms. The maximum Gasteiger partial charge on any atom is 0.322 e. The van der Waals surface area contributed by atoms with Crippen LogP contribution >= 0.6 is 11.8 Å². The second-order valence-corrected chi connectivity index (χ2v) is 7.31. The summed E-state index contributed by atoms with van der Waals surface area (Å²) in [5.74, 6) is 0.240. The number of nitrogens with one attached hydrogen (secondary N) is 2. The minimum absolute atomic E-state index is 0.00438. The summed E-state index contributed by atoms with van der Waals surface area (Å²) >= 11 is 1.30. The lowest BCUT2D eigenvalue weighted by Crippen LogP contribution is -2.22. The molecule has 0 saturated carbocycles. The summed E-state index contributed by atoms with van der Waals surface area (Å²) in [4.78, 5) is 28.1. The molecule has 1 atom stereocenters. The minimum atomic E-state index is -0.860. The highest BCUT2D eigenvalue weighted by atomic mass is 32.2. The highest BCUT2D eigenvalue weighted by Crippen LogP contribution is 2.34. The highest BCUT2D eigenvalue weighted by Gasteiger charge is 2.35. The fourth-order valence-corrected chi connectivity index (χ4v) is 3.67. The van der Waals surface area contributed by atoms with Crippen molar-refractivity contribution in [2.24, 2.45) is 0 Å². The van der Waals surface area contributed by atoms with Crippen LogP contribution in [0.5, 0.6) is 5.75 Å². The molecule has 3 amide bonds. The lowest BCUT2D eigenvalue weighted by Gasteiger charge is -2.09. The Hall–Kier alpha value is -3.30. The third-order valence-corrected chi connectivity index (χ3v) is 5.22. The molecule has 1 aromatic heterocycles. The fourth-order valence-electron chi connectivity index (χ4n) is 2.82. The molecule has 4 rings (SSSR count). The summed E-state index contributed by atoms with van der Waals surface area (Å²) in [7, 11) is 0. The van der Waals surface area contributed by atoms with E-state index in [1.807, 2.05) is 48.5 Å². The van der Waals surface area contributed by atoms with E-state index in [1.54, 1.807) is 0 Å². The second kappa shape index (κ2) is 8.38. The number of carbonyl (C=O) groups is 2. The number of nitrogens with zero attached hydrogens (tertiary/aromatic N) is 1. The number of hydrogen-bond acceptors (Lipinski definition) is 7. The summed E-state index contributed by atoms with van der Waals surface area (Å²) < 4.78 is 11.2. The molecule has 3 N–H and O–H groups in total. The van der Waals surface area contributed by atoms with Gasteiger partial charge in [-0.05, 0) is 47.2 Å².